The van der Waals surface area contributed by atoms with Gasteiger partial charge in [0.15, 0.2) is 0 Å². The van der Waals surface area contributed by atoms with E-state index in [4.69, 9.17) is 0 Å². The Labute approximate surface area is 161 Å². The first-order valence-electron chi connectivity index (χ1n) is 10.1. The van der Waals surface area contributed by atoms with Crippen LogP contribution >= 0.6 is 0 Å². The molecule has 2 aromatic rings. The van der Waals surface area contributed by atoms with Gasteiger partial charge in [-0.05, 0) is 31.6 Å². The summed E-state index contributed by atoms with van der Waals surface area (Å²) in [6.07, 6.45) is 5.92. The van der Waals surface area contributed by atoms with Crippen LogP contribution in [0, 0.1) is 11.8 Å². The number of anilines is 1. The summed E-state index contributed by atoms with van der Waals surface area (Å²) in [5.41, 5.74) is 2.02. The van der Waals surface area contributed by atoms with Crippen molar-refractivity contribution in [1.29, 1.82) is 0 Å². The van der Waals surface area contributed by atoms with Crippen molar-refractivity contribution in [1.82, 2.24) is 14.9 Å². The first-order valence-corrected chi connectivity index (χ1v) is 10.1. The molecule has 0 N–H and O–H groups in total. The Hall–Kier alpha value is -2.43. The number of hydrogen-bond acceptors (Lipinski definition) is 4. The number of piperidine rings is 2. The molecule has 4 rings (SSSR count). The summed E-state index contributed by atoms with van der Waals surface area (Å²) >= 11 is 0. The third-order valence-corrected chi connectivity index (χ3v) is 5.91. The van der Waals surface area contributed by atoms with Gasteiger partial charge in [-0.25, -0.2) is 9.97 Å². The average molecular weight is 364 g/mol. The Kier molecular flexibility index (Phi) is 5.37. The second kappa shape index (κ2) is 8.07. The third-order valence-electron chi connectivity index (χ3n) is 5.91. The van der Waals surface area contributed by atoms with Gasteiger partial charge in [0.25, 0.3) is 0 Å². The molecule has 1 unspecified atom stereocenters. The first-order chi connectivity index (χ1) is 13.2. The molecule has 2 fully saturated rings. The van der Waals surface area contributed by atoms with Crippen LogP contribution in [-0.2, 0) is 4.79 Å². The van der Waals surface area contributed by atoms with Crippen LogP contribution < -0.4 is 4.90 Å². The Balaban J connectivity index is 1.46. The molecule has 0 bridgehead atoms. The molecule has 5 nitrogen and oxygen atoms in total. The number of carbonyl (C=O) groups excluding carboxylic acids is 1. The van der Waals surface area contributed by atoms with Crippen molar-refractivity contribution < 1.29 is 4.79 Å². The first kappa shape index (κ1) is 18.0. The highest BCUT2D eigenvalue weighted by atomic mass is 16.2. The topological polar surface area (TPSA) is 49.3 Å². The zero-order valence-corrected chi connectivity index (χ0v) is 16.1. The van der Waals surface area contributed by atoms with Crippen molar-refractivity contribution in [2.75, 3.05) is 31.1 Å². The average Bonchev–Trinajstić information content (AvgIpc) is 2.75. The number of aromatic nitrogens is 2. The number of carbonyl (C=O) groups is 1. The van der Waals surface area contributed by atoms with E-state index in [1.54, 1.807) is 6.33 Å². The zero-order valence-electron chi connectivity index (χ0n) is 16.1. The number of benzene rings is 1. The number of rotatable bonds is 3. The molecule has 5 heteroatoms. The molecular weight excluding hydrogens is 336 g/mol. The van der Waals surface area contributed by atoms with Gasteiger partial charge in [-0.1, -0.05) is 37.3 Å². The fraction of sp³-hybridized carbons (Fsp3) is 0.500. The van der Waals surface area contributed by atoms with E-state index in [2.05, 4.69) is 38.8 Å². The molecule has 142 valence electrons. The van der Waals surface area contributed by atoms with E-state index in [-0.39, 0.29) is 5.92 Å². The van der Waals surface area contributed by atoms with Crippen molar-refractivity contribution in [2.24, 2.45) is 11.8 Å². The van der Waals surface area contributed by atoms with Crippen molar-refractivity contribution in [3.05, 3.63) is 42.7 Å². The van der Waals surface area contributed by atoms with E-state index in [9.17, 15) is 4.79 Å². The quantitative estimate of drug-likeness (QED) is 0.835. The normalized spacial score (nSPS) is 21.3. The van der Waals surface area contributed by atoms with Crippen LogP contribution in [0.15, 0.2) is 42.7 Å². The molecule has 0 radical (unpaired) electrons. The lowest BCUT2D eigenvalue weighted by Crippen LogP contribution is -2.47. The molecular formula is C22H28N4O. The van der Waals surface area contributed by atoms with E-state index < -0.39 is 0 Å². The molecule has 0 aliphatic carbocycles. The zero-order chi connectivity index (χ0) is 18.6. The Morgan fingerprint density at radius 3 is 2.59 bits per heavy atom. The van der Waals surface area contributed by atoms with Crippen molar-refractivity contribution in [3.63, 3.8) is 0 Å². The molecule has 0 saturated carbocycles. The SMILES string of the molecule is CC1CCN(C(=O)C2CCCN(c3cc(-c4ccccc4)ncn3)C2)CC1. The minimum atomic E-state index is 0.0855. The molecule has 1 aromatic carbocycles. The molecule has 1 amide bonds. The van der Waals surface area contributed by atoms with Gasteiger partial charge in [0.05, 0.1) is 11.6 Å². The van der Waals surface area contributed by atoms with Crippen molar-refractivity contribution in [2.45, 2.75) is 32.6 Å². The van der Waals surface area contributed by atoms with Gasteiger partial charge in [-0.3, -0.25) is 4.79 Å². The van der Waals surface area contributed by atoms with Crippen molar-refractivity contribution in [3.8, 4) is 11.3 Å². The van der Waals surface area contributed by atoms with Gasteiger partial charge in [0, 0.05) is 37.8 Å². The fourth-order valence-corrected chi connectivity index (χ4v) is 4.16. The minimum absolute atomic E-state index is 0.0855. The predicted molar refractivity (Wildman–Crippen MR) is 107 cm³/mol. The molecule has 1 aromatic heterocycles. The van der Waals surface area contributed by atoms with Crippen LogP contribution in [-0.4, -0.2) is 47.0 Å². The maximum absolute atomic E-state index is 13.0. The van der Waals surface area contributed by atoms with E-state index in [0.29, 0.717) is 5.91 Å². The summed E-state index contributed by atoms with van der Waals surface area (Å²) in [5, 5.41) is 0. The van der Waals surface area contributed by atoms with Gasteiger partial charge in [-0.2, -0.15) is 0 Å². The lowest BCUT2D eigenvalue weighted by atomic mass is 9.93. The summed E-state index contributed by atoms with van der Waals surface area (Å²) in [5.74, 6) is 2.09. The van der Waals surface area contributed by atoms with Crippen LogP contribution in [0.2, 0.25) is 0 Å². The highest BCUT2D eigenvalue weighted by Gasteiger charge is 2.31. The summed E-state index contributed by atoms with van der Waals surface area (Å²) in [4.78, 5) is 26.3. The summed E-state index contributed by atoms with van der Waals surface area (Å²) in [6, 6.07) is 12.2. The van der Waals surface area contributed by atoms with E-state index in [1.165, 1.54) is 0 Å². The van der Waals surface area contributed by atoms with E-state index in [1.807, 2.05) is 24.3 Å². The van der Waals surface area contributed by atoms with Crippen LogP contribution in [0.3, 0.4) is 0 Å². The van der Waals surface area contributed by atoms with Crippen LogP contribution in [0.1, 0.15) is 32.6 Å². The predicted octanol–water partition coefficient (Wildman–Crippen LogP) is 3.62. The third kappa shape index (κ3) is 4.12. The maximum atomic E-state index is 13.0. The number of hydrogen-bond donors (Lipinski definition) is 0. The van der Waals surface area contributed by atoms with Gasteiger partial charge in [0.2, 0.25) is 5.91 Å². The van der Waals surface area contributed by atoms with Crippen LogP contribution in [0.4, 0.5) is 5.82 Å². The number of nitrogens with zero attached hydrogens (tertiary/aromatic N) is 4. The van der Waals surface area contributed by atoms with Crippen LogP contribution in [0.25, 0.3) is 11.3 Å². The number of amides is 1. The minimum Gasteiger partial charge on any atom is -0.356 e. The molecule has 2 aliphatic heterocycles. The largest absolute Gasteiger partial charge is 0.356 e. The van der Waals surface area contributed by atoms with Gasteiger partial charge in [-0.15, -0.1) is 0 Å². The number of likely N-dealkylation sites (tertiary alicyclic amines) is 1. The van der Waals surface area contributed by atoms with E-state index in [0.717, 1.165) is 74.9 Å². The van der Waals surface area contributed by atoms with Crippen LogP contribution in [0.5, 0.6) is 0 Å². The molecule has 2 saturated heterocycles. The monoisotopic (exact) mass is 364 g/mol. The Bertz CT molecular complexity index is 771. The summed E-state index contributed by atoms with van der Waals surface area (Å²) < 4.78 is 0. The van der Waals surface area contributed by atoms with Gasteiger partial charge >= 0.3 is 0 Å². The summed E-state index contributed by atoms with van der Waals surface area (Å²) in [7, 11) is 0. The highest BCUT2D eigenvalue weighted by molar-refractivity contribution is 5.80. The second-order valence-corrected chi connectivity index (χ2v) is 7.92. The lowest BCUT2D eigenvalue weighted by Gasteiger charge is -2.37. The Morgan fingerprint density at radius 2 is 1.81 bits per heavy atom. The lowest BCUT2D eigenvalue weighted by molar-refractivity contribution is -0.137. The smallest absolute Gasteiger partial charge is 0.227 e. The molecule has 3 heterocycles. The van der Waals surface area contributed by atoms with Gasteiger partial charge < -0.3 is 9.80 Å². The summed E-state index contributed by atoms with van der Waals surface area (Å²) in [6.45, 7) is 5.83. The molecule has 2 aliphatic rings. The van der Waals surface area contributed by atoms with Gasteiger partial charge in [0.1, 0.15) is 12.1 Å². The Morgan fingerprint density at radius 1 is 1.04 bits per heavy atom. The highest BCUT2D eigenvalue weighted by Crippen LogP contribution is 2.27. The van der Waals surface area contributed by atoms with Crippen molar-refractivity contribution >= 4 is 11.7 Å². The molecule has 27 heavy (non-hydrogen) atoms. The maximum Gasteiger partial charge on any atom is 0.227 e. The fourth-order valence-electron chi connectivity index (χ4n) is 4.16. The van der Waals surface area contributed by atoms with E-state index >= 15 is 0 Å². The standard InChI is InChI=1S/C22H28N4O/c1-17-9-12-25(13-10-17)22(27)19-8-5-11-26(15-19)21-14-20(23-16-24-21)18-6-3-2-4-7-18/h2-4,6-7,14,16-17,19H,5,8-13,15H2,1H3. The molecule has 1 atom stereocenters. The molecule has 0 spiro atoms. The second-order valence-electron chi connectivity index (χ2n) is 7.92.